The molecule has 20 heavy (non-hydrogen) atoms. The molecule has 1 heterocycles. The predicted octanol–water partition coefficient (Wildman–Crippen LogP) is 2.12. The van der Waals surface area contributed by atoms with Crippen LogP contribution in [0.2, 0.25) is 0 Å². The summed E-state index contributed by atoms with van der Waals surface area (Å²) in [6, 6.07) is 4.60. The van der Waals surface area contributed by atoms with Crippen LogP contribution in [0.15, 0.2) is 18.2 Å². The summed E-state index contributed by atoms with van der Waals surface area (Å²) in [7, 11) is 1.30. The van der Waals surface area contributed by atoms with E-state index in [1.807, 2.05) is 13.8 Å². The Morgan fingerprint density at radius 3 is 2.85 bits per heavy atom. The van der Waals surface area contributed by atoms with Crippen LogP contribution in [0.1, 0.15) is 34.2 Å². The fourth-order valence-corrected chi connectivity index (χ4v) is 2.04. The third-order valence-electron chi connectivity index (χ3n) is 3.18. The van der Waals surface area contributed by atoms with Crippen molar-refractivity contribution in [2.75, 3.05) is 7.11 Å². The third-order valence-corrected chi connectivity index (χ3v) is 3.18. The average molecular weight is 277 g/mol. The molecule has 0 aliphatic rings. The van der Waals surface area contributed by atoms with Crippen molar-refractivity contribution < 1.29 is 13.9 Å². The molecule has 0 bridgehead atoms. The van der Waals surface area contributed by atoms with E-state index in [-0.39, 0.29) is 11.5 Å². The predicted molar refractivity (Wildman–Crippen MR) is 71.0 cm³/mol. The average Bonchev–Trinajstić information content (AvgIpc) is 2.84. The van der Waals surface area contributed by atoms with Crippen molar-refractivity contribution in [1.82, 2.24) is 15.0 Å². The van der Waals surface area contributed by atoms with Gasteiger partial charge >= 0.3 is 5.97 Å². The lowest BCUT2D eigenvalue weighted by Crippen LogP contribution is -2.10. The lowest BCUT2D eigenvalue weighted by atomic mass is 10.1. The number of aryl methyl sites for hydroxylation is 1. The number of nitrogens with zero attached hydrogens (tertiary/aromatic N) is 3. The van der Waals surface area contributed by atoms with Gasteiger partial charge in [0.2, 0.25) is 0 Å². The maximum atomic E-state index is 13.3. The van der Waals surface area contributed by atoms with E-state index in [0.717, 1.165) is 11.1 Å². The summed E-state index contributed by atoms with van der Waals surface area (Å²) in [4.78, 5) is 11.6. The SMILES string of the molecule is CCc1c(C(=O)OC)nnn1Cc1cc(F)ccc1C. The molecule has 6 heteroatoms. The number of rotatable bonds is 4. The zero-order valence-electron chi connectivity index (χ0n) is 11.7. The van der Waals surface area contributed by atoms with E-state index in [4.69, 9.17) is 0 Å². The molecule has 0 spiro atoms. The molecule has 0 N–H and O–H groups in total. The van der Waals surface area contributed by atoms with Gasteiger partial charge in [-0.25, -0.2) is 13.9 Å². The van der Waals surface area contributed by atoms with E-state index < -0.39 is 5.97 Å². The van der Waals surface area contributed by atoms with Gasteiger partial charge in [-0.1, -0.05) is 18.2 Å². The van der Waals surface area contributed by atoms with Gasteiger partial charge in [-0.3, -0.25) is 0 Å². The summed E-state index contributed by atoms with van der Waals surface area (Å²) in [5.74, 6) is -0.805. The molecule has 0 fully saturated rings. The lowest BCUT2D eigenvalue weighted by Gasteiger charge is -2.08. The monoisotopic (exact) mass is 277 g/mol. The van der Waals surface area contributed by atoms with Gasteiger partial charge in [0, 0.05) is 0 Å². The Kier molecular flexibility index (Phi) is 4.12. The number of hydrogen-bond donors (Lipinski definition) is 0. The first-order valence-corrected chi connectivity index (χ1v) is 6.32. The first kappa shape index (κ1) is 14.2. The van der Waals surface area contributed by atoms with Gasteiger partial charge in [0.25, 0.3) is 0 Å². The molecule has 1 aromatic heterocycles. The Hall–Kier alpha value is -2.24. The maximum Gasteiger partial charge on any atom is 0.360 e. The molecule has 0 saturated heterocycles. The van der Waals surface area contributed by atoms with Crippen molar-refractivity contribution in [3.63, 3.8) is 0 Å². The minimum atomic E-state index is -0.510. The van der Waals surface area contributed by atoms with Crippen LogP contribution in [0.4, 0.5) is 4.39 Å². The normalized spacial score (nSPS) is 10.6. The number of hydrogen-bond acceptors (Lipinski definition) is 4. The van der Waals surface area contributed by atoms with Gasteiger partial charge in [-0.15, -0.1) is 5.10 Å². The molecule has 0 aliphatic heterocycles. The van der Waals surface area contributed by atoms with Crippen molar-refractivity contribution in [3.8, 4) is 0 Å². The molecule has 106 valence electrons. The minimum Gasteiger partial charge on any atom is -0.464 e. The number of methoxy groups -OCH3 is 1. The molecule has 0 unspecified atom stereocenters. The summed E-state index contributed by atoms with van der Waals surface area (Å²) in [6.45, 7) is 4.18. The van der Waals surface area contributed by atoms with Crippen molar-refractivity contribution in [2.45, 2.75) is 26.8 Å². The molecular weight excluding hydrogens is 261 g/mol. The van der Waals surface area contributed by atoms with Crippen LogP contribution in [0, 0.1) is 12.7 Å². The highest BCUT2D eigenvalue weighted by Crippen LogP contribution is 2.15. The highest BCUT2D eigenvalue weighted by Gasteiger charge is 2.19. The highest BCUT2D eigenvalue weighted by molar-refractivity contribution is 5.88. The molecule has 2 rings (SSSR count). The lowest BCUT2D eigenvalue weighted by molar-refractivity contribution is 0.0592. The Morgan fingerprint density at radius 1 is 1.45 bits per heavy atom. The first-order chi connectivity index (χ1) is 9.56. The van der Waals surface area contributed by atoms with E-state index in [9.17, 15) is 9.18 Å². The standard InChI is InChI=1S/C14H16FN3O2/c1-4-12-13(14(19)20-3)16-17-18(12)8-10-7-11(15)6-5-9(10)2/h5-7H,4,8H2,1-3H3. The van der Waals surface area contributed by atoms with Crippen LogP contribution in [-0.4, -0.2) is 28.1 Å². The molecule has 0 amide bonds. The summed E-state index contributed by atoms with van der Waals surface area (Å²) >= 11 is 0. The fourth-order valence-electron chi connectivity index (χ4n) is 2.04. The van der Waals surface area contributed by atoms with Crippen molar-refractivity contribution >= 4 is 5.97 Å². The minimum absolute atomic E-state index is 0.212. The largest absolute Gasteiger partial charge is 0.464 e. The van der Waals surface area contributed by atoms with Gasteiger partial charge < -0.3 is 4.74 Å². The maximum absolute atomic E-state index is 13.3. The van der Waals surface area contributed by atoms with Crippen LogP contribution in [-0.2, 0) is 17.7 Å². The molecule has 0 saturated carbocycles. The summed E-state index contributed by atoms with van der Waals surface area (Å²) < 4.78 is 19.6. The second-order valence-electron chi connectivity index (χ2n) is 4.46. The van der Waals surface area contributed by atoms with Crippen LogP contribution < -0.4 is 0 Å². The smallest absolute Gasteiger partial charge is 0.360 e. The van der Waals surface area contributed by atoms with Crippen LogP contribution in [0.3, 0.4) is 0 Å². The van der Waals surface area contributed by atoms with E-state index in [0.29, 0.717) is 18.7 Å². The fraction of sp³-hybridized carbons (Fsp3) is 0.357. The van der Waals surface area contributed by atoms with Gasteiger partial charge in [-0.05, 0) is 36.6 Å². The summed E-state index contributed by atoms with van der Waals surface area (Å²) in [5, 5.41) is 7.82. The second kappa shape index (κ2) is 5.81. The molecule has 0 aliphatic carbocycles. The first-order valence-electron chi connectivity index (χ1n) is 6.32. The van der Waals surface area contributed by atoms with Gasteiger partial charge in [0.05, 0.1) is 19.3 Å². The van der Waals surface area contributed by atoms with E-state index >= 15 is 0 Å². The van der Waals surface area contributed by atoms with Crippen molar-refractivity contribution in [2.24, 2.45) is 0 Å². The Labute approximate surface area is 116 Å². The molecule has 0 radical (unpaired) electrons. The van der Waals surface area contributed by atoms with Gasteiger partial charge in [0.15, 0.2) is 5.69 Å². The third kappa shape index (κ3) is 2.68. The summed E-state index contributed by atoms with van der Waals surface area (Å²) in [6.07, 6.45) is 0.589. The van der Waals surface area contributed by atoms with Gasteiger partial charge in [-0.2, -0.15) is 0 Å². The molecule has 2 aromatic rings. The number of ether oxygens (including phenoxy) is 1. The Balaban J connectivity index is 2.36. The number of halogens is 1. The van der Waals surface area contributed by atoms with Crippen molar-refractivity contribution in [3.05, 3.63) is 46.5 Å². The zero-order valence-corrected chi connectivity index (χ0v) is 11.7. The van der Waals surface area contributed by atoms with E-state index in [2.05, 4.69) is 15.0 Å². The van der Waals surface area contributed by atoms with E-state index in [1.165, 1.54) is 19.2 Å². The second-order valence-corrected chi connectivity index (χ2v) is 4.46. The van der Waals surface area contributed by atoms with Crippen LogP contribution >= 0.6 is 0 Å². The molecule has 5 nitrogen and oxygen atoms in total. The van der Waals surface area contributed by atoms with Gasteiger partial charge in [0.1, 0.15) is 5.82 Å². The molecule has 0 atom stereocenters. The number of aromatic nitrogens is 3. The number of esters is 1. The summed E-state index contributed by atoms with van der Waals surface area (Å²) in [5.41, 5.74) is 2.66. The number of carbonyl (C=O) groups excluding carboxylic acids is 1. The Morgan fingerprint density at radius 2 is 2.20 bits per heavy atom. The van der Waals surface area contributed by atoms with E-state index in [1.54, 1.807) is 10.7 Å². The highest BCUT2D eigenvalue weighted by atomic mass is 19.1. The molecule has 1 aromatic carbocycles. The zero-order chi connectivity index (χ0) is 14.7. The number of carbonyl (C=O) groups is 1. The van der Waals surface area contributed by atoms with Crippen molar-refractivity contribution in [1.29, 1.82) is 0 Å². The Bertz CT molecular complexity index is 637. The number of benzene rings is 1. The molecular formula is C14H16FN3O2. The topological polar surface area (TPSA) is 57.0 Å². The van der Waals surface area contributed by atoms with Crippen LogP contribution in [0.25, 0.3) is 0 Å². The van der Waals surface area contributed by atoms with Crippen LogP contribution in [0.5, 0.6) is 0 Å². The quantitative estimate of drug-likeness (QED) is 0.803.